The van der Waals surface area contributed by atoms with Crippen molar-refractivity contribution in [2.45, 2.75) is 6.54 Å². The number of carbonyl (C=O) groups is 1. The van der Waals surface area contributed by atoms with Crippen LogP contribution in [0.4, 0.5) is 5.69 Å². The number of carbonyl (C=O) groups excluding carboxylic acids is 1. The van der Waals surface area contributed by atoms with Gasteiger partial charge in [0.2, 0.25) is 0 Å². The first-order valence-electron chi connectivity index (χ1n) is 7.04. The largest absolute Gasteiger partial charge is 0.326 e. The van der Waals surface area contributed by atoms with Crippen LogP contribution in [0.3, 0.4) is 0 Å². The van der Waals surface area contributed by atoms with Crippen molar-refractivity contribution in [1.82, 2.24) is 0 Å². The Hall–Kier alpha value is -2.06. The molecule has 1 unspecified atom stereocenters. The first-order chi connectivity index (χ1) is 11.0. The zero-order valence-corrected chi connectivity index (χ0v) is 14.1. The molecule has 0 saturated carbocycles. The van der Waals surface area contributed by atoms with E-state index in [2.05, 4.69) is 11.4 Å². The first-order valence-corrected chi connectivity index (χ1v) is 7.79. The number of halogens is 2. The third-order valence-corrected chi connectivity index (χ3v) is 4.01. The lowest BCUT2D eigenvalue weighted by molar-refractivity contribution is -0.885. The third kappa shape index (κ3) is 4.97. The summed E-state index contributed by atoms with van der Waals surface area (Å²) in [6.07, 6.45) is 0. The molecule has 1 atom stereocenters. The molecule has 0 fully saturated rings. The molecule has 2 aromatic carbocycles. The van der Waals surface area contributed by atoms with E-state index in [1.807, 2.05) is 13.1 Å². The molecule has 0 aliphatic carbocycles. The molecule has 2 aromatic rings. The molecule has 6 heteroatoms. The fourth-order valence-corrected chi connectivity index (χ4v) is 2.54. The lowest BCUT2D eigenvalue weighted by atomic mass is 10.2. The molecule has 0 heterocycles. The molecular weight excluding hydrogens is 333 g/mol. The molecular formula is C17H16Cl2N3O+. The summed E-state index contributed by atoms with van der Waals surface area (Å²) < 4.78 is 0. The summed E-state index contributed by atoms with van der Waals surface area (Å²) in [5.74, 6) is -0.148. The molecule has 0 radical (unpaired) electrons. The number of rotatable bonds is 5. The van der Waals surface area contributed by atoms with Gasteiger partial charge in [-0.3, -0.25) is 4.79 Å². The van der Waals surface area contributed by atoms with Crippen molar-refractivity contribution in [2.75, 3.05) is 18.9 Å². The van der Waals surface area contributed by atoms with E-state index in [4.69, 9.17) is 28.5 Å². The first kappa shape index (κ1) is 17.3. The molecule has 0 aliphatic rings. The molecule has 118 valence electrons. The van der Waals surface area contributed by atoms with Crippen molar-refractivity contribution in [2.24, 2.45) is 0 Å². The number of nitrogens with zero attached hydrogens (tertiary/aromatic N) is 1. The van der Waals surface area contributed by atoms with Crippen LogP contribution in [0.25, 0.3) is 0 Å². The molecule has 0 aliphatic heterocycles. The highest BCUT2D eigenvalue weighted by Gasteiger charge is 2.13. The minimum Gasteiger partial charge on any atom is -0.326 e. The summed E-state index contributed by atoms with van der Waals surface area (Å²) in [6.45, 7) is 0.921. The van der Waals surface area contributed by atoms with Crippen molar-refractivity contribution in [3.63, 3.8) is 0 Å². The Morgan fingerprint density at radius 1 is 1.22 bits per heavy atom. The Kier molecular flexibility index (Phi) is 6.00. The van der Waals surface area contributed by atoms with Crippen molar-refractivity contribution in [1.29, 1.82) is 5.26 Å². The molecule has 4 nitrogen and oxygen atoms in total. The fourth-order valence-electron chi connectivity index (χ4n) is 2.22. The average Bonchev–Trinajstić information content (AvgIpc) is 2.51. The second-order valence-electron chi connectivity index (χ2n) is 5.26. The number of anilines is 1. The highest BCUT2D eigenvalue weighted by atomic mass is 35.5. The number of hydrogen-bond acceptors (Lipinski definition) is 2. The number of quaternary nitrogens is 1. The van der Waals surface area contributed by atoms with Gasteiger partial charge in [-0.2, -0.15) is 5.26 Å². The van der Waals surface area contributed by atoms with Crippen LogP contribution in [-0.4, -0.2) is 19.5 Å². The van der Waals surface area contributed by atoms with Gasteiger partial charge in [0.1, 0.15) is 12.6 Å². The molecule has 2 rings (SSSR count). The van der Waals surface area contributed by atoms with E-state index in [0.717, 1.165) is 10.5 Å². The Morgan fingerprint density at radius 3 is 2.65 bits per heavy atom. The second kappa shape index (κ2) is 7.98. The van der Waals surface area contributed by atoms with Gasteiger partial charge in [-0.1, -0.05) is 41.4 Å². The highest BCUT2D eigenvalue weighted by Crippen LogP contribution is 2.22. The maximum absolute atomic E-state index is 12.1. The van der Waals surface area contributed by atoms with E-state index in [9.17, 15) is 4.79 Å². The van der Waals surface area contributed by atoms with Crippen molar-refractivity contribution < 1.29 is 9.69 Å². The van der Waals surface area contributed by atoms with Gasteiger partial charge in [0.25, 0.3) is 5.91 Å². The summed E-state index contributed by atoms with van der Waals surface area (Å²) in [4.78, 5) is 13.1. The maximum atomic E-state index is 12.1. The lowest BCUT2D eigenvalue weighted by Crippen LogP contribution is -3.08. The SMILES string of the molecule is C[NH+](CC(=O)Nc1ccccc1C#N)Cc1ccc(Cl)c(Cl)c1. The van der Waals surface area contributed by atoms with Crippen molar-refractivity contribution >= 4 is 34.8 Å². The molecule has 1 amide bonds. The zero-order chi connectivity index (χ0) is 16.8. The lowest BCUT2D eigenvalue weighted by Gasteiger charge is -2.14. The van der Waals surface area contributed by atoms with Crippen LogP contribution in [-0.2, 0) is 11.3 Å². The van der Waals surface area contributed by atoms with Crippen LogP contribution in [0.1, 0.15) is 11.1 Å². The summed E-state index contributed by atoms with van der Waals surface area (Å²) in [6, 6.07) is 14.4. The minimum atomic E-state index is -0.148. The summed E-state index contributed by atoms with van der Waals surface area (Å²) >= 11 is 11.9. The van der Waals surface area contributed by atoms with Gasteiger partial charge < -0.3 is 10.2 Å². The number of hydrogen-bond donors (Lipinski definition) is 2. The smallest absolute Gasteiger partial charge is 0.279 e. The Labute approximate surface area is 145 Å². The van der Waals surface area contributed by atoms with Crippen molar-refractivity contribution in [3.8, 4) is 6.07 Å². The molecule has 2 N–H and O–H groups in total. The fraction of sp³-hybridized carbons (Fsp3) is 0.176. The number of para-hydroxylation sites is 1. The second-order valence-corrected chi connectivity index (χ2v) is 6.08. The standard InChI is InChI=1S/C17H15Cl2N3O/c1-22(10-12-6-7-14(18)15(19)8-12)11-17(23)21-16-5-3-2-4-13(16)9-20/h2-8H,10-11H2,1H3,(H,21,23)/p+1. The van der Waals surface area contributed by atoms with E-state index in [1.165, 1.54) is 0 Å². The molecule has 0 spiro atoms. The van der Waals surface area contributed by atoms with Crippen LogP contribution in [0.2, 0.25) is 10.0 Å². The number of nitrogens with one attached hydrogen (secondary N) is 2. The van der Waals surface area contributed by atoms with Gasteiger partial charge in [-0.05, 0) is 24.3 Å². The topological polar surface area (TPSA) is 57.3 Å². The predicted octanol–water partition coefficient (Wildman–Crippen LogP) is 2.52. The molecule has 23 heavy (non-hydrogen) atoms. The monoisotopic (exact) mass is 348 g/mol. The van der Waals surface area contributed by atoms with E-state index >= 15 is 0 Å². The summed E-state index contributed by atoms with van der Waals surface area (Å²) in [5.41, 5.74) is 1.98. The average molecular weight is 349 g/mol. The van der Waals surface area contributed by atoms with Gasteiger partial charge in [0, 0.05) is 5.56 Å². The Balaban J connectivity index is 1.94. The number of nitriles is 1. The molecule has 0 saturated heterocycles. The van der Waals surface area contributed by atoms with Gasteiger partial charge in [-0.15, -0.1) is 0 Å². The van der Waals surface area contributed by atoms with E-state index in [0.29, 0.717) is 27.8 Å². The van der Waals surface area contributed by atoms with E-state index in [1.54, 1.807) is 36.4 Å². The van der Waals surface area contributed by atoms with Gasteiger partial charge in [-0.25, -0.2) is 0 Å². The minimum absolute atomic E-state index is 0.148. The Morgan fingerprint density at radius 2 is 1.96 bits per heavy atom. The molecule has 0 bridgehead atoms. The zero-order valence-electron chi connectivity index (χ0n) is 12.6. The number of likely N-dealkylation sites (N-methyl/N-ethyl adjacent to an activating group) is 1. The van der Waals surface area contributed by atoms with Crippen LogP contribution in [0.15, 0.2) is 42.5 Å². The van der Waals surface area contributed by atoms with Crippen LogP contribution in [0.5, 0.6) is 0 Å². The van der Waals surface area contributed by atoms with Crippen molar-refractivity contribution in [3.05, 3.63) is 63.6 Å². The third-order valence-electron chi connectivity index (χ3n) is 3.27. The van der Waals surface area contributed by atoms with Gasteiger partial charge >= 0.3 is 0 Å². The van der Waals surface area contributed by atoms with Gasteiger partial charge in [0.05, 0.1) is 28.3 Å². The van der Waals surface area contributed by atoms with Crippen LogP contribution >= 0.6 is 23.2 Å². The normalized spacial score (nSPS) is 11.6. The highest BCUT2D eigenvalue weighted by molar-refractivity contribution is 6.42. The summed E-state index contributed by atoms with van der Waals surface area (Å²) in [7, 11) is 1.91. The maximum Gasteiger partial charge on any atom is 0.279 e. The van der Waals surface area contributed by atoms with Gasteiger partial charge in [0.15, 0.2) is 6.54 Å². The number of amides is 1. The quantitative estimate of drug-likeness (QED) is 0.872. The predicted molar refractivity (Wildman–Crippen MR) is 91.7 cm³/mol. The molecule has 0 aromatic heterocycles. The van der Waals surface area contributed by atoms with E-state index in [-0.39, 0.29) is 12.5 Å². The van der Waals surface area contributed by atoms with Crippen LogP contribution < -0.4 is 10.2 Å². The number of benzene rings is 2. The summed E-state index contributed by atoms with van der Waals surface area (Å²) in [5, 5.41) is 12.8. The van der Waals surface area contributed by atoms with Crippen LogP contribution in [0, 0.1) is 11.3 Å². The Bertz CT molecular complexity index is 756. The van der Waals surface area contributed by atoms with E-state index < -0.39 is 0 Å².